The molecule has 0 bridgehead atoms. The topological polar surface area (TPSA) is 3.24 Å². The van der Waals surface area contributed by atoms with Gasteiger partial charge in [0.25, 0.3) is 0 Å². The Labute approximate surface area is 57.0 Å². The Morgan fingerprint density at radius 3 is 2.11 bits per heavy atom. The Kier molecular flexibility index (Phi) is 1.26. The van der Waals surface area contributed by atoms with Gasteiger partial charge in [-0.15, -0.1) is 0 Å². The van der Waals surface area contributed by atoms with Gasteiger partial charge in [0, 0.05) is 13.1 Å². The molecule has 2 rings (SSSR count). The average Bonchev–Trinajstić information content (AvgIpc) is 1.57. The minimum absolute atomic E-state index is 1.09. The van der Waals surface area contributed by atoms with Crippen molar-refractivity contribution in [2.24, 2.45) is 11.8 Å². The SMILES string of the molecule is CN1CC(C2CCC2)C1. The molecule has 2 aliphatic rings. The van der Waals surface area contributed by atoms with E-state index < -0.39 is 0 Å². The summed E-state index contributed by atoms with van der Waals surface area (Å²) < 4.78 is 0. The minimum Gasteiger partial charge on any atom is -0.306 e. The maximum Gasteiger partial charge on any atom is 0.00216 e. The molecule has 1 nitrogen and oxygen atoms in total. The molecule has 0 atom stereocenters. The first kappa shape index (κ1) is 5.72. The largest absolute Gasteiger partial charge is 0.306 e. The van der Waals surface area contributed by atoms with E-state index in [4.69, 9.17) is 0 Å². The fraction of sp³-hybridized carbons (Fsp3) is 1.00. The van der Waals surface area contributed by atoms with Gasteiger partial charge in [0.15, 0.2) is 0 Å². The lowest BCUT2D eigenvalue weighted by Gasteiger charge is -2.45. The number of nitrogens with zero attached hydrogens (tertiary/aromatic N) is 1. The standard InChI is InChI=1S/C8H15N/c1-9-5-8(6-9)7-3-2-4-7/h7-8H,2-6H2,1H3. The summed E-state index contributed by atoms with van der Waals surface area (Å²) in [7, 11) is 2.22. The monoisotopic (exact) mass is 125 g/mol. The lowest BCUT2D eigenvalue weighted by Crippen LogP contribution is -2.48. The highest BCUT2D eigenvalue weighted by Gasteiger charge is 2.33. The summed E-state index contributed by atoms with van der Waals surface area (Å²) in [5, 5.41) is 0. The first-order valence-corrected chi connectivity index (χ1v) is 4.05. The van der Waals surface area contributed by atoms with Gasteiger partial charge in [0.05, 0.1) is 0 Å². The summed E-state index contributed by atoms with van der Waals surface area (Å²) in [5.41, 5.74) is 0. The number of rotatable bonds is 1. The maximum absolute atomic E-state index is 2.42. The number of hydrogen-bond acceptors (Lipinski definition) is 1. The summed E-state index contributed by atoms with van der Waals surface area (Å²) >= 11 is 0. The summed E-state index contributed by atoms with van der Waals surface area (Å²) in [6.45, 7) is 2.76. The lowest BCUT2D eigenvalue weighted by molar-refractivity contribution is 0.0466. The normalized spacial score (nSPS) is 31.7. The van der Waals surface area contributed by atoms with Gasteiger partial charge in [-0.25, -0.2) is 0 Å². The number of hydrogen-bond donors (Lipinski definition) is 0. The van der Waals surface area contributed by atoms with E-state index in [-0.39, 0.29) is 0 Å². The fourth-order valence-corrected chi connectivity index (χ4v) is 1.96. The van der Waals surface area contributed by atoms with Crippen LogP contribution in [0.3, 0.4) is 0 Å². The molecule has 0 amide bonds. The number of likely N-dealkylation sites (tertiary alicyclic amines) is 1. The lowest BCUT2D eigenvalue weighted by atomic mass is 9.73. The van der Waals surface area contributed by atoms with E-state index in [1.54, 1.807) is 0 Å². The van der Waals surface area contributed by atoms with Crippen LogP contribution >= 0.6 is 0 Å². The van der Waals surface area contributed by atoms with Crippen LogP contribution in [0.2, 0.25) is 0 Å². The summed E-state index contributed by atoms with van der Waals surface area (Å²) in [4.78, 5) is 2.42. The zero-order chi connectivity index (χ0) is 6.27. The molecular weight excluding hydrogens is 110 g/mol. The molecule has 52 valence electrons. The van der Waals surface area contributed by atoms with Gasteiger partial charge in [0.1, 0.15) is 0 Å². The Balaban J connectivity index is 1.75. The van der Waals surface area contributed by atoms with Crippen molar-refractivity contribution in [1.82, 2.24) is 4.90 Å². The van der Waals surface area contributed by atoms with Crippen molar-refractivity contribution in [1.29, 1.82) is 0 Å². The predicted molar refractivity (Wildman–Crippen MR) is 38.3 cm³/mol. The highest BCUT2D eigenvalue weighted by Crippen LogP contribution is 2.37. The van der Waals surface area contributed by atoms with Crippen molar-refractivity contribution >= 4 is 0 Å². The zero-order valence-electron chi connectivity index (χ0n) is 6.14. The molecule has 0 N–H and O–H groups in total. The van der Waals surface area contributed by atoms with Gasteiger partial charge in [-0.05, 0) is 18.9 Å². The second kappa shape index (κ2) is 1.98. The Morgan fingerprint density at radius 1 is 1.11 bits per heavy atom. The molecule has 0 unspecified atom stereocenters. The molecule has 0 aromatic carbocycles. The molecule has 9 heavy (non-hydrogen) atoms. The first-order chi connectivity index (χ1) is 4.36. The van der Waals surface area contributed by atoms with Gasteiger partial charge < -0.3 is 4.90 Å². The smallest absolute Gasteiger partial charge is 0.00216 e. The molecule has 0 spiro atoms. The molecule has 1 saturated carbocycles. The van der Waals surface area contributed by atoms with Crippen molar-refractivity contribution in [3.8, 4) is 0 Å². The van der Waals surface area contributed by atoms with Crippen LogP contribution in [0.4, 0.5) is 0 Å². The molecule has 0 aromatic rings. The molecule has 0 aromatic heterocycles. The third kappa shape index (κ3) is 0.877. The van der Waals surface area contributed by atoms with Crippen LogP contribution in [0.1, 0.15) is 19.3 Å². The quantitative estimate of drug-likeness (QED) is 0.511. The van der Waals surface area contributed by atoms with Crippen molar-refractivity contribution in [2.45, 2.75) is 19.3 Å². The molecule has 1 aliphatic heterocycles. The van der Waals surface area contributed by atoms with E-state index >= 15 is 0 Å². The van der Waals surface area contributed by atoms with E-state index in [0.717, 1.165) is 11.8 Å². The molecule has 1 heterocycles. The Morgan fingerprint density at radius 2 is 1.78 bits per heavy atom. The molecule has 0 radical (unpaired) electrons. The highest BCUT2D eigenvalue weighted by atomic mass is 15.2. The minimum atomic E-state index is 1.09. The van der Waals surface area contributed by atoms with Crippen molar-refractivity contribution in [3.63, 3.8) is 0 Å². The second-order valence-electron chi connectivity index (χ2n) is 3.67. The molecular formula is C8H15N. The van der Waals surface area contributed by atoms with Gasteiger partial charge in [0.2, 0.25) is 0 Å². The van der Waals surface area contributed by atoms with Gasteiger partial charge in [-0.1, -0.05) is 19.3 Å². The van der Waals surface area contributed by atoms with Crippen molar-refractivity contribution in [2.75, 3.05) is 20.1 Å². The van der Waals surface area contributed by atoms with E-state index in [1.807, 2.05) is 0 Å². The summed E-state index contributed by atoms with van der Waals surface area (Å²) in [6, 6.07) is 0. The Bertz CT molecular complexity index is 101. The van der Waals surface area contributed by atoms with E-state index in [0.29, 0.717) is 0 Å². The van der Waals surface area contributed by atoms with Crippen LogP contribution in [0.5, 0.6) is 0 Å². The molecule has 1 heteroatoms. The average molecular weight is 125 g/mol. The third-order valence-corrected chi connectivity index (χ3v) is 2.91. The molecule has 1 aliphatic carbocycles. The van der Waals surface area contributed by atoms with Crippen molar-refractivity contribution < 1.29 is 0 Å². The van der Waals surface area contributed by atoms with E-state index in [1.165, 1.54) is 32.4 Å². The predicted octanol–water partition coefficient (Wildman–Crippen LogP) is 1.35. The maximum atomic E-state index is 2.42. The fourth-order valence-electron chi connectivity index (χ4n) is 1.96. The van der Waals surface area contributed by atoms with Gasteiger partial charge >= 0.3 is 0 Å². The van der Waals surface area contributed by atoms with Crippen LogP contribution in [0.25, 0.3) is 0 Å². The van der Waals surface area contributed by atoms with Crippen LogP contribution < -0.4 is 0 Å². The Hall–Kier alpha value is -0.0400. The van der Waals surface area contributed by atoms with Crippen LogP contribution in [-0.2, 0) is 0 Å². The first-order valence-electron chi connectivity index (χ1n) is 4.05. The highest BCUT2D eigenvalue weighted by molar-refractivity contribution is 4.86. The summed E-state index contributed by atoms with van der Waals surface area (Å²) in [5.74, 6) is 2.21. The van der Waals surface area contributed by atoms with E-state index in [9.17, 15) is 0 Å². The van der Waals surface area contributed by atoms with Crippen LogP contribution in [0, 0.1) is 11.8 Å². The zero-order valence-corrected chi connectivity index (χ0v) is 6.14. The summed E-state index contributed by atoms with van der Waals surface area (Å²) in [6.07, 6.45) is 4.56. The third-order valence-electron chi connectivity index (χ3n) is 2.91. The van der Waals surface area contributed by atoms with Gasteiger partial charge in [-0.3, -0.25) is 0 Å². The second-order valence-corrected chi connectivity index (χ2v) is 3.67. The van der Waals surface area contributed by atoms with Gasteiger partial charge in [-0.2, -0.15) is 0 Å². The molecule has 1 saturated heterocycles. The van der Waals surface area contributed by atoms with Crippen LogP contribution in [-0.4, -0.2) is 25.0 Å². The molecule has 2 fully saturated rings. The van der Waals surface area contributed by atoms with Crippen molar-refractivity contribution in [3.05, 3.63) is 0 Å². The van der Waals surface area contributed by atoms with E-state index in [2.05, 4.69) is 11.9 Å². The van der Waals surface area contributed by atoms with Crippen LogP contribution in [0.15, 0.2) is 0 Å².